The van der Waals surface area contributed by atoms with Crippen molar-refractivity contribution in [2.45, 2.75) is 6.92 Å². The largest absolute Gasteiger partial charge is 1.00 e. The average Bonchev–Trinajstić information content (AvgIpc) is 1.69. The van der Waals surface area contributed by atoms with Crippen LogP contribution in [-0.4, -0.2) is 31.9 Å². The molecule has 0 amide bonds. The summed E-state index contributed by atoms with van der Waals surface area (Å²) < 4.78 is 0. The first-order chi connectivity index (χ1) is 3.72. The van der Waals surface area contributed by atoms with Gasteiger partial charge in [-0.05, 0) is 5.84 Å². The van der Waals surface area contributed by atoms with Gasteiger partial charge >= 0.3 is 19.5 Å². The van der Waals surface area contributed by atoms with E-state index in [1.807, 2.05) is 32.3 Å². The number of hydrogen-bond acceptors (Lipinski definition) is 1. The molecule has 0 saturated carbocycles. The Balaban J connectivity index is 0. The summed E-state index contributed by atoms with van der Waals surface area (Å²) in [7, 11) is 5.74. The van der Waals surface area contributed by atoms with Gasteiger partial charge in [-0.3, -0.25) is 0 Å². The van der Waals surface area contributed by atoms with Crippen molar-refractivity contribution in [2.24, 2.45) is 4.99 Å². The molecule has 0 rings (SSSR count). The molecule has 0 spiro atoms. The first-order valence-corrected chi connectivity index (χ1v) is 2.65. The van der Waals surface area contributed by atoms with Crippen molar-refractivity contribution < 1.29 is 19.5 Å². The van der Waals surface area contributed by atoms with Gasteiger partial charge in [-0.1, -0.05) is 0 Å². The summed E-state index contributed by atoms with van der Waals surface area (Å²) in [5, 5.41) is 0. The molecule has 55 valence electrons. The summed E-state index contributed by atoms with van der Waals surface area (Å²) in [5.41, 5.74) is 0. The number of aliphatic imine (C=N–C) groups is 1. The zero-order valence-corrected chi connectivity index (χ0v) is 8.06. The molecule has 0 aliphatic heterocycles. The maximum atomic E-state index is 3.99. The second-order valence-corrected chi connectivity index (χ2v) is 1.76. The third kappa shape index (κ3) is 4.47. The molecule has 2 nitrogen and oxygen atoms in total. The molecule has 0 aliphatic carbocycles. The first kappa shape index (κ1) is 11.7. The van der Waals surface area contributed by atoms with Crippen molar-refractivity contribution in [3.8, 4) is 0 Å². The van der Waals surface area contributed by atoms with Crippen molar-refractivity contribution in [2.75, 3.05) is 21.1 Å². The zero-order chi connectivity index (χ0) is 6.57. The molecule has 0 aromatic carbocycles. The Labute approximate surface area is 70.1 Å². The van der Waals surface area contributed by atoms with Gasteiger partial charge in [0.05, 0.1) is 0 Å². The molecule has 0 heterocycles. The molecular weight excluding hydrogens is 201 g/mol. The first-order valence-electron chi connectivity index (χ1n) is 2.65. The van der Waals surface area contributed by atoms with Gasteiger partial charge in [-0.15, -0.1) is 0 Å². The van der Waals surface area contributed by atoms with Crippen LogP contribution >= 0.6 is 0 Å². The molecule has 9 heavy (non-hydrogen) atoms. The Morgan fingerprint density at radius 1 is 1.44 bits per heavy atom. The second kappa shape index (κ2) is 6.09. The van der Waals surface area contributed by atoms with Crippen molar-refractivity contribution in [1.29, 1.82) is 0 Å². The number of amidine groups is 1. The van der Waals surface area contributed by atoms with E-state index >= 15 is 0 Å². The van der Waals surface area contributed by atoms with Crippen molar-refractivity contribution >= 4 is 5.84 Å². The fraction of sp³-hybridized carbons (Fsp3) is 0.667. The maximum absolute atomic E-state index is 3.99. The van der Waals surface area contributed by atoms with Crippen LogP contribution < -0.4 is 0 Å². The molecular formula is C6H13N2Ru. The molecule has 0 aromatic heterocycles. The van der Waals surface area contributed by atoms with Gasteiger partial charge in [-0.2, -0.15) is 6.92 Å². The summed E-state index contributed by atoms with van der Waals surface area (Å²) in [6.07, 6.45) is 1.97. The van der Waals surface area contributed by atoms with Crippen LogP contribution in [0, 0.1) is 6.42 Å². The Morgan fingerprint density at radius 2 is 1.89 bits per heavy atom. The minimum Gasteiger partial charge on any atom is -0.391 e. The number of rotatable bonds is 1. The van der Waals surface area contributed by atoms with Crippen LogP contribution in [0.2, 0.25) is 0 Å². The quantitative estimate of drug-likeness (QED) is 0.273. The van der Waals surface area contributed by atoms with E-state index in [1.165, 1.54) is 0 Å². The molecule has 3 heteroatoms. The maximum Gasteiger partial charge on any atom is 1.00 e. The van der Waals surface area contributed by atoms with E-state index < -0.39 is 0 Å². The fourth-order valence-corrected chi connectivity index (χ4v) is 0.587. The molecule has 0 unspecified atom stereocenters. The van der Waals surface area contributed by atoms with E-state index in [1.54, 1.807) is 7.05 Å². The number of hydrogen-bond donors (Lipinski definition) is 0. The molecule has 0 aromatic rings. The standard InChI is InChI=1S/C6H13N2.Ru/c1-5-6(7-2)8(3)4;/h5H,1-4H3;/q-1;+1. The molecule has 0 bridgehead atoms. The third-order valence-corrected chi connectivity index (χ3v) is 0.945. The van der Waals surface area contributed by atoms with Crippen molar-refractivity contribution in [1.82, 2.24) is 4.90 Å². The van der Waals surface area contributed by atoms with Gasteiger partial charge in [0.25, 0.3) is 0 Å². The van der Waals surface area contributed by atoms with Crippen LogP contribution in [0.25, 0.3) is 0 Å². The van der Waals surface area contributed by atoms with Crippen LogP contribution in [0.4, 0.5) is 0 Å². The van der Waals surface area contributed by atoms with Crippen LogP contribution in [0.1, 0.15) is 6.92 Å². The van der Waals surface area contributed by atoms with E-state index in [-0.39, 0.29) is 19.5 Å². The minimum absolute atomic E-state index is 0. The Hall–Kier alpha value is -0.0366. The SMILES string of the molecule is C[CH-]C(=NC)N(C)C.[Ru+]. The minimum atomic E-state index is 0. The molecule has 0 saturated heterocycles. The summed E-state index contributed by atoms with van der Waals surface area (Å²) in [5.74, 6) is 1.02. The van der Waals surface area contributed by atoms with Crippen LogP contribution in [0.5, 0.6) is 0 Å². The van der Waals surface area contributed by atoms with Gasteiger partial charge in [0.1, 0.15) is 0 Å². The zero-order valence-electron chi connectivity index (χ0n) is 6.33. The van der Waals surface area contributed by atoms with Crippen molar-refractivity contribution in [3.05, 3.63) is 6.42 Å². The van der Waals surface area contributed by atoms with Gasteiger partial charge < -0.3 is 16.3 Å². The predicted molar refractivity (Wildman–Crippen MR) is 37.0 cm³/mol. The Morgan fingerprint density at radius 3 is 1.89 bits per heavy atom. The fourth-order valence-electron chi connectivity index (χ4n) is 0.587. The molecule has 0 aliphatic rings. The molecule has 0 N–H and O–H groups in total. The van der Waals surface area contributed by atoms with Crippen molar-refractivity contribution in [3.63, 3.8) is 0 Å². The van der Waals surface area contributed by atoms with E-state index in [0.29, 0.717) is 0 Å². The molecule has 1 radical (unpaired) electrons. The van der Waals surface area contributed by atoms with Gasteiger partial charge in [0.15, 0.2) is 0 Å². The third-order valence-electron chi connectivity index (χ3n) is 0.945. The predicted octanol–water partition coefficient (Wildman–Crippen LogP) is 0.798. The summed E-state index contributed by atoms with van der Waals surface area (Å²) in [4.78, 5) is 5.97. The van der Waals surface area contributed by atoms with E-state index in [4.69, 9.17) is 0 Å². The van der Waals surface area contributed by atoms with Crippen LogP contribution in [0.15, 0.2) is 4.99 Å². The number of nitrogens with zero attached hydrogens (tertiary/aromatic N) is 2. The van der Waals surface area contributed by atoms with Crippen LogP contribution in [-0.2, 0) is 19.5 Å². The molecule has 0 fully saturated rings. The smallest absolute Gasteiger partial charge is 0.391 e. The Kier molecular flexibility index (Phi) is 7.93. The topological polar surface area (TPSA) is 15.6 Å². The average molecular weight is 214 g/mol. The molecule has 0 atom stereocenters. The summed E-state index contributed by atoms with van der Waals surface area (Å²) in [6.45, 7) is 1.97. The van der Waals surface area contributed by atoms with Gasteiger partial charge in [-0.25, -0.2) is 0 Å². The van der Waals surface area contributed by atoms with Crippen LogP contribution in [0.3, 0.4) is 0 Å². The van der Waals surface area contributed by atoms with E-state index in [9.17, 15) is 0 Å². The van der Waals surface area contributed by atoms with E-state index in [2.05, 4.69) is 4.99 Å². The summed E-state index contributed by atoms with van der Waals surface area (Å²) in [6, 6.07) is 0. The normalized spacial score (nSPS) is 10.0. The summed E-state index contributed by atoms with van der Waals surface area (Å²) >= 11 is 0. The Bertz CT molecular complexity index is 89.1. The monoisotopic (exact) mass is 215 g/mol. The van der Waals surface area contributed by atoms with E-state index in [0.717, 1.165) is 5.84 Å². The van der Waals surface area contributed by atoms with Gasteiger partial charge in [0.2, 0.25) is 0 Å². The second-order valence-electron chi connectivity index (χ2n) is 1.76. The van der Waals surface area contributed by atoms with Gasteiger partial charge in [0, 0.05) is 21.1 Å².